The lowest BCUT2D eigenvalue weighted by Gasteiger charge is -2.40. The van der Waals surface area contributed by atoms with Crippen molar-refractivity contribution in [2.24, 2.45) is 5.41 Å². The van der Waals surface area contributed by atoms with E-state index in [4.69, 9.17) is 5.11 Å². The van der Waals surface area contributed by atoms with E-state index in [0.717, 1.165) is 38.9 Å². The Morgan fingerprint density at radius 2 is 1.84 bits per heavy atom. The molecule has 1 amide bonds. The second-order valence-electron chi connectivity index (χ2n) is 6.00. The van der Waals surface area contributed by atoms with Gasteiger partial charge >= 0.3 is 5.97 Å². The van der Waals surface area contributed by atoms with Crippen LogP contribution in [-0.2, 0) is 9.59 Å². The monoisotopic (exact) mass is 268 g/mol. The number of nitrogens with one attached hydrogen (secondary N) is 1. The van der Waals surface area contributed by atoms with E-state index in [9.17, 15) is 9.59 Å². The lowest BCUT2D eigenvalue weighted by molar-refractivity contribution is -0.141. The second-order valence-corrected chi connectivity index (χ2v) is 6.00. The molecular formula is C14H24N2O3. The van der Waals surface area contributed by atoms with Crippen molar-refractivity contribution in [3.8, 4) is 0 Å². The third kappa shape index (κ3) is 4.20. The summed E-state index contributed by atoms with van der Waals surface area (Å²) in [4.78, 5) is 24.9. The maximum Gasteiger partial charge on any atom is 0.303 e. The van der Waals surface area contributed by atoms with Gasteiger partial charge in [0.15, 0.2) is 0 Å². The third-order valence-electron chi connectivity index (χ3n) is 4.45. The number of carboxylic acids is 1. The quantitative estimate of drug-likeness (QED) is 0.728. The van der Waals surface area contributed by atoms with Crippen molar-refractivity contribution in [1.29, 1.82) is 0 Å². The van der Waals surface area contributed by atoms with E-state index in [2.05, 4.69) is 10.2 Å². The molecule has 0 aromatic heterocycles. The maximum absolute atomic E-state index is 11.8. The van der Waals surface area contributed by atoms with Gasteiger partial charge < -0.3 is 15.3 Å². The largest absolute Gasteiger partial charge is 0.481 e. The fourth-order valence-corrected chi connectivity index (χ4v) is 3.05. The van der Waals surface area contributed by atoms with Crippen LogP contribution in [0, 0.1) is 5.41 Å². The van der Waals surface area contributed by atoms with Crippen LogP contribution in [-0.4, -0.2) is 48.1 Å². The number of carbonyl (C=O) groups excluding carboxylic acids is 1. The highest BCUT2D eigenvalue weighted by Gasteiger charge is 2.39. The van der Waals surface area contributed by atoms with Crippen molar-refractivity contribution in [3.63, 3.8) is 0 Å². The molecule has 0 aromatic carbocycles. The molecule has 0 radical (unpaired) electrons. The van der Waals surface area contributed by atoms with Crippen molar-refractivity contribution in [1.82, 2.24) is 10.2 Å². The second kappa shape index (κ2) is 6.37. The fraction of sp³-hybridized carbons (Fsp3) is 0.857. The summed E-state index contributed by atoms with van der Waals surface area (Å²) in [5.74, 6) is -0.699. The average molecular weight is 268 g/mol. The summed E-state index contributed by atoms with van der Waals surface area (Å²) >= 11 is 0. The van der Waals surface area contributed by atoms with Crippen molar-refractivity contribution in [2.45, 2.75) is 44.9 Å². The first-order chi connectivity index (χ1) is 9.10. The molecule has 0 aromatic rings. The molecule has 1 saturated heterocycles. The Bertz CT molecular complexity index is 334. The topological polar surface area (TPSA) is 69.6 Å². The summed E-state index contributed by atoms with van der Waals surface area (Å²) in [5, 5.41) is 11.8. The number of rotatable bonds is 7. The summed E-state index contributed by atoms with van der Waals surface area (Å²) in [6, 6.07) is 0. The zero-order chi connectivity index (χ0) is 13.7. The van der Waals surface area contributed by atoms with Gasteiger partial charge in [0.1, 0.15) is 0 Å². The van der Waals surface area contributed by atoms with Gasteiger partial charge in [-0.1, -0.05) is 6.42 Å². The van der Waals surface area contributed by atoms with Gasteiger partial charge in [-0.15, -0.1) is 0 Å². The molecule has 2 aliphatic rings. The number of carbonyl (C=O) groups is 2. The molecule has 0 atom stereocenters. The van der Waals surface area contributed by atoms with Gasteiger partial charge in [-0.05, 0) is 44.2 Å². The van der Waals surface area contributed by atoms with Gasteiger partial charge in [-0.25, -0.2) is 0 Å². The zero-order valence-corrected chi connectivity index (χ0v) is 11.5. The number of aliphatic carboxylic acids is 1. The Balaban J connectivity index is 1.65. The van der Waals surface area contributed by atoms with Gasteiger partial charge in [-0.2, -0.15) is 0 Å². The molecule has 2 N–H and O–H groups in total. The molecule has 1 aliphatic carbocycles. The van der Waals surface area contributed by atoms with Gasteiger partial charge in [0.25, 0.3) is 0 Å². The van der Waals surface area contributed by atoms with Crippen LogP contribution in [0.25, 0.3) is 0 Å². The van der Waals surface area contributed by atoms with Gasteiger partial charge in [0, 0.05) is 19.5 Å². The first kappa shape index (κ1) is 14.3. The Morgan fingerprint density at radius 1 is 1.16 bits per heavy atom. The first-order valence-electron chi connectivity index (χ1n) is 7.31. The molecule has 5 nitrogen and oxygen atoms in total. The molecule has 5 heteroatoms. The zero-order valence-electron chi connectivity index (χ0n) is 11.5. The fourth-order valence-electron chi connectivity index (χ4n) is 3.05. The number of likely N-dealkylation sites (tertiary alicyclic amines) is 1. The van der Waals surface area contributed by atoms with E-state index in [-0.39, 0.29) is 17.7 Å². The predicted octanol–water partition coefficient (Wildman–Crippen LogP) is 1.23. The Kier molecular flexibility index (Phi) is 4.80. The van der Waals surface area contributed by atoms with Gasteiger partial charge in [0.2, 0.25) is 5.91 Å². The van der Waals surface area contributed by atoms with Crippen LogP contribution in [0.1, 0.15) is 44.9 Å². The van der Waals surface area contributed by atoms with E-state index in [1.807, 2.05) is 0 Å². The standard InChI is InChI=1S/C14H24N2O3/c17-12(4-9-16-7-1-2-8-16)15-11-14(5-3-6-14)10-13(18)19/h1-11H2,(H,15,17)(H,18,19). The summed E-state index contributed by atoms with van der Waals surface area (Å²) in [5.41, 5.74) is -0.171. The normalized spacial score (nSPS) is 21.9. The minimum absolute atomic E-state index is 0.0589. The van der Waals surface area contributed by atoms with E-state index in [1.54, 1.807) is 0 Å². The lowest BCUT2D eigenvalue weighted by Crippen LogP contribution is -2.44. The molecule has 108 valence electrons. The predicted molar refractivity (Wildman–Crippen MR) is 71.8 cm³/mol. The Hall–Kier alpha value is -1.10. The van der Waals surface area contributed by atoms with Crippen LogP contribution in [0.15, 0.2) is 0 Å². The number of hydrogen-bond acceptors (Lipinski definition) is 3. The van der Waals surface area contributed by atoms with E-state index < -0.39 is 5.97 Å². The summed E-state index contributed by atoms with van der Waals surface area (Å²) in [7, 11) is 0. The summed E-state index contributed by atoms with van der Waals surface area (Å²) in [6.07, 6.45) is 6.11. The highest BCUT2D eigenvalue weighted by molar-refractivity contribution is 5.76. The Labute approximate surface area is 114 Å². The minimum Gasteiger partial charge on any atom is -0.481 e. The van der Waals surface area contributed by atoms with Crippen molar-refractivity contribution in [2.75, 3.05) is 26.2 Å². The molecule has 19 heavy (non-hydrogen) atoms. The SMILES string of the molecule is O=C(O)CC1(CNC(=O)CCN2CCCC2)CCC1. The molecule has 0 spiro atoms. The molecule has 1 saturated carbocycles. The van der Waals surface area contributed by atoms with E-state index in [1.165, 1.54) is 12.8 Å². The highest BCUT2D eigenvalue weighted by atomic mass is 16.4. The van der Waals surface area contributed by atoms with Crippen LogP contribution in [0.4, 0.5) is 0 Å². The van der Waals surface area contributed by atoms with E-state index in [0.29, 0.717) is 13.0 Å². The van der Waals surface area contributed by atoms with Crippen molar-refractivity contribution < 1.29 is 14.7 Å². The number of carboxylic acid groups (broad SMARTS) is 1. The van der Waals surface area contributed by atoms with Crippen LogP contribution in [0.5, 0.6) is 0 Å². The Morgan fingerprint density at radius 3 is 2.37 bits per heavy atom. The molecule has 2 fully saturated rings. The summed E-state index contributed by atoms with van der Waals surface area (Å²) in [6.45, 7) is 3.57. The van der Waals surface area contributed by atoms with Crippen molar-refractivity contribution >= 4 is 11.9 Å². The first-order valence-corrected chi connectivity index (χ1v) is 7.31. The number of nitrogens with zero attached hydrogens (tertiary/aromatic N) is 1. The molecule has 0 unspecified atom stereocenters. The summed E-state index contributed by atoms with van der Waals surface area (Å²) < 4.78 is 0. The number of amides is 1. The minimum atomic E-state index is -0.758. The highest BCUT2D eigenvalue weighted by Crippen LogP contribution is 2.43. The maximum atomic E-state index is 11.8. The molecule has 1 heterocycles. The van der Waals surface area contributed by atoms with Crippen LogP contribution < -0.4 is 5.32 Å². The lowest BCUT2D eigenvalue weighted by atomic mass is 9.66. The van der Waals surface area contributed by atoms with Crippen LogP contribution in [0.2, 0.25) is 0 Å². The van der Waals surface area contributed by atoms with Crippen molar-refractivity contribution in [3.05, 3.63) is 0 Å². The molecule has 1 aliphatic heterocycles. The average Bonchev–Trinajstić information content (AvgIpc) is 2.82. The van der Waals surface area contributed by atoms with E-state index >= 15 is 0 Å². The van der Waals surface area contributed by atoms with Crippen LogP contribution in [0.3, 0.4) is 0 Å². The van der Waals surface area contributed by atoms with Gasteiger partial charge in [-0.3, -0.25) is 9.59 Å². The van der Waals surface area contributed by atoms with Gasteiger partial charge in [0.05, 0.1) is 6.42 Å². The smallest absolute Gasteiger partial charge is 0.303 e. The molecule has 2 rings (SSSR count). The molecular weight excluding hydrogens is 244 g/mol. The third-order valence-corrected chi connectivity index (χ3v) is 4.45. The van der Waals surface area contributed by atoms with Crippen LogP contribution >= 0.6 is 0 Å². The molecule has 0 bridgehead atoms. The number of hydrogen-bond donors (Lipinski definition) is 2.